The number of ether oxygens (including phenoxy) is 1. The van der Waals surface area contributed by atoms with Crippen molar-refractivity contribution in [3.05, 3.63) is 46.9 Å². The molecule has 3 heterocycles. The highest BCUT2D eigenvalue weighted by Gasteiger charge is 2.22. The number of piperazine rings is 1. The molecule has 0 aliphatic carbocycles. The number of nitriles is 1. The molecule has 188 valence electrons. The van der Waals surface area contributed by atoms with E-state index in [4.69, 9.17) is 4.74 Å². The first-order valence-corrected chi connectivity index (χ1v) is 11.1. The minimum absolute atomic E-state index is 0.126. The van der Waals surface area contributed by atoms with Crippen LogP contribution < -0.4 is 15.0 Å². The molecule has 0 radical (unpaired) electrons. The van der Waals surface area contributed by atoms with Gasteiger partial charge in [-0.05, 0) is 20.0 Å². The van der Waals surface area contributed by atoms with Gasteiger partial charge in [0.25, 0.3) is 0 Å². The first-order chi connectivity index (χ1) is 17.3. The smallest absolute Gasteiger partial charge is 0.328 e. The summed E-state index contributed by atoms with van der Waals surface area (Å²) in [6, 6.07) is 6.04. The molecule has 1 atom stereocenters. The lowest BCUT2D eigenvalue weighted by atomic mass is 10.1. The molecule has 2 N–H and O–H groups in total. The Morgan fingerprint density at radius 1 is 1.42 bits per heavy atom. The second kappa shape index (κ2) is 11.9. The number of hydrogen-bond acceptors (Lipinski definition) is 10. The Balaban J connectivity index is 1.75. The molecular weight excluding hydrogens is 466 g/mol. The summed E-state index contributed by atoms with van der Waals surface area (Å²) < 4.78 is 5.52. The molecule has 0 unspecified atom stereocenters. The van der Waals surface area contributed by atoms with E-state index in [1.165, 1.54) is 24.2 Å². The maximum absolute atomic E-state index is 12.8. The maximum atomic E-state index is 12.8. The van der Waals surface area contributed by atoms with Gasteiger partial charge < -0.3 is 14.7 Å². The van der Waals surface area contributed by atoms with Crippen LogP contribution >= 0.6 is 0 Å². The van der Waals surface area contributed by atoms with Crippen molar-refractivity contribution in [1.29, 1.82) is 5.26 Å². The van der Waals surface area contributed by atoms with Crippen LogP contribution in [0.15, 0.2) is 30.1 Å². The second-order valence-corrected chi connectivity index (χ2v) is 8.32. The van der Waals surface area contributed by atoms with Gasteiger partial charge >= 0.3 is 6.03 Å². The molecule has 0 spiro atoms. The number of carbonyl (C=O) groups excluding carboxylic acids is 3. The standard InChI is InChI=1S/C24H27N7O5/c1-16(13-32)36-21-8-22(26-10-18(21)9-25)28-24(35)30(3)23-5-4-17(20(15-34)27-23)11-31-7-6-29(2)12-19(31)14-33/h4-5,8,10,15-16,32H,6-7,11-13H2,1-3H3,(H,26,28,35)/t16-/m1/s1. The summed E-state index contributed by atoms with van der Waals surface area (Å²) in [5.74, 6) is 2.49. The van der Waals surface area contributed by atoms with Crippen molar-refractivity contribution in [1.82, 2.24) is 19.8 Å². The van der Waals surface area contributed by atoms with Crippen molar-refractivity contribution in [3.8, 4) is 11.8 Å². The number of rotatable bonds is 8. The third kappa shape index (κ3) is 6.22. The third-order valence-electron chi connectivity index (χ3n) is 5.60. The largest absolute Gasteiger partial charge is 0.487 e. The zero-order valence-corrected chi connectivity index (χ0v) is 20.3. The molecule has 0 bridgehead atoms. The fourth-order valence-electron chi connectivity index (χ4n) is 3.49. The Morgan fingerprint density at radius 2 is 2.19 bits per heavy atom. The highest BCUT2D eigenvalue weighted by atomic mass is 16.5. The van der Waals surface area contributed by atoms with Crippen molar-refractivity contribution in [2.75, 3.05) is 50.6 Å². The van der Waals surface area contributed by atoms with E-state index < -0.39 is 12.1 Å². The fourth-order valence-corrected chi connectivity index (χ4v) is 3.49. The van der Waals surface area contributed by atoms with Gasteiger partial charge in [-0.3, -0.25) is 19.9 Å². The van der Waals surface area contributed by atoms with Gasteiger partial charge in [-0.1, -0.05) is 6.07 Å². The normalized spacial score (nSPS) is 14.4. The molecule has 3 rings (SSSR count). The van der Waals surface area contributed by atoms with E-state index in [2.05, 4.69) is 15.3 Å². The molecule has 1 fully saturated rings. The summed E-state index contributed by atoms with van der Waals surface area (Å²) >= 11 is 0. The third-order valence-corrected chi connectivity index (χ3v) is 5.60. The van der Waals surface area contributed by atoms with Gasteiger partial charge in [0.2, 0.25) is 0 Å². The number of nitrogens with zero attached hydrogens (tertiary/aromatic N) is 6. The Hall–Kier alpha value is -4.30. The van der Waals surface area contributed by atoms with Crippen LogP contribution in [0.2, 0.25) is 0 Å². The Bertz CT molecular complexity index is 1220. The Kier molecular flexibility index (Phi) is 8.70. The van der Waals surface area contributed by atoms with E-state index in [1.807, 2.05) is 28.9 Å². The number of carbonyl (C=O) groups is 2. The second-order valence-electron chi connectivity index (χ2n) is 8.32. The summed E-state index contributed by atoms with van der Waals surface area (Å²) in [6.07, 6.45) is 1.31. The lowest BCUT2D eigenvalue weighted by Crippen LogP contribution is -2.42. The summed E-state index contributed by atoms with van der Waals surface area (Å²) in [5, 5.41) is 21.0. The SMILES string of the molecule is C[C@H](CO)Oc1cc(NC(=O)N(C)c2ccc(CN3CCN(C)CC3=C=O)c(C=O)n2)ncc1C#N. The van der Waals surface area contributed by atoms with Crippen LogP contribution in [-0.4, -0.2) is 89.6 Å². The Morgan fingerprint density at radius 3 is 2.86 bits per heavy atom. The lowest BCUT2D eigenvalue weighted by molar-refractivity contribution is 0.111. The van der Waals surface area contributed by atoms with Crippen molar-refractivity contribution in [2.45, 2.75) is 19.6 Å². The molecule has 1 aliphatic heterocycles. The van der Waals surface area contributed by atoms with Gasteiger partial charge in [-0.2, -0.15) is 5.26 Å². The monoisotopic (exact) mass is 493 g/mol. The first kappa shape index (κ1) is 26.3. The Labute approximate surface area is 208 Å². The summed E-state index contributed by atoms with van der Waals surface area (Å²) in [6.45, 7) is 3.56. The number of urea groups is 1. The molecule has 1 saturated heterocycles. The van der Waals surface area contributed by atoms with E-state index in [0.29, 0.717) is 37.2 Å². The average Bonchev–Trinajstić information content (AvgIpc) is 2.89. The van der Waals surface area contributed by atoms with Crippen LogP contribution in [0.5, 0.6) is 5.75 Å². The van der Waals surface area contributed by atoms with E-state index in [-0.39, 0.29) is 35.2 Å². The van der Waals surface area contributed by atoms with Crippen molar-refractivity contribution in [2.24, 2.45) is 0 Å². The lowest BCUT2D eigenvalue weighted by Gasteiger charge is -2.34. The van der Waals surface area contributed by atoms with Crippen LogP contribution in [0.25, 0.3) is 0 Å². The highest BCUT2D eigenvalue weighted by molar-refractivity contribution is 6.00. The quantitative estimate of drug-likeness (QED) is 0.403. The predicted octanol–water partition coefficient (Wildman–Crippen LogP) is 1.05. The first-order valence-electron chi connectivity index (χ1n) is 11.1. The number of aliphatic hydroxyl groups excluding tert-OH is 1. The highest BCUT2D eigenvalue weighted by Crippen LogP contribution is 2.23. The summed E-state index contributed by atoms with van der Waals surface area (Å²) in [4.78, 5) is 49.4. The van der Waals surface area contributed by atoms with Gasteiger partial charge in [-0.15, -0.1) is 0 Å². The molecule has 2 aromatic rings. The van der Waals surface area contributed by atoms with Crippen LogP contribution in [0.1, 0.15) is 28.5 Å². The number of aldehydes is 1. The van der Waals surface area contributed by atoms with Crippen molar-refractivity contribution in [3.63, 3.8) is 0 Å². The van der Waals surface area contributed by atoms with Crippen LogP contribution in [-0.2, 0) is 11.3 Å². The zero-order chi connectivity index (χ0) is 26.2. The van der Waals surface area contributed by atoms with Gasteiger partial charge in [-0.25, -0.2) is 19.6 Å². The zero-order valence-electron chi connectivity index (χ0n) is 20.3. The minimum Gasteiger partial charge on any atom is -0.487 e. The molecule has 12 heteroatoms. The molecule has 1 aliphatic rings. The average molecular weight is 494 g/mol. The van der Waals surface area contributed by atoms with Gasteiger partial charge in [0.1, 0.15) is 52.5 Å². The minimum atomic E-state index is -0.587. The molecule has 2 aromatic heterocycles. The number of nitrogens with one attached hydrogen (secondary N) is 1. The van der Waals surface area contributed by atoms with Gasteiger partial charge in [0.05, 0.1) is 12.8 Å². The summed E-state index contributed by atoms with van der Waals surface area (Å²) in [7, 11) is 3.40. The molecular formula is C24H27N7O5. The van der Waals surface area contributed by atoms with Crippen LogP contribution in [0.4, 0.5) is 16.4 Å². The van der Waals surface area contributed by atoms with E-state index in [1.54, 1.807) is 19.1 Å². The maximum Gasteiger partial charge on any atom is 0.328 e. The number of aliphatic hydroxyl groups is 1. The van der Waals surface area contributed by atoms with Gasteiger partial charge in [0.15, 0.2) is 6.29 Å². The van der Waals surface area contributed by atoms with E-state index in [0.717, 1.165) is 6.54 Å². The van der Waals surface area contributed by atoms with Crippen molar-refractivity contribution < 1.29 is 24.2 Å². The molecule has 0 aromatic carbocycles. The summed E-state index contributed by atoms with van der Waals surface area (Å²) in [5.41, 5.74) is 1.44. The van der Waals surface area contributed by atoms with E-state index in [9.17, 15) is 24.8 Å². The van der Waals surface area contributed by atoms with Gasteiger partial charge in [0, 0.05) is 44.9 Å². The predicted molar refractivity (Wildman–Crippen MR) is 130 cm³/mol. The fraction of sp³-hybridized carbons (Fsp3) is 0.375. The van der Waals surface area contributed by atoms with Crippen LogP contribution in [0, 0.1) is 11.3 Å². The van der Waals surface area contributed by atoms with E-state index >= 15 is 0 Å². The molecule has 0 saturated carbocycles. The number of pyridine rings is 2. The van der Waals surface area contributed by atoms with Crippen LogP contribution in [0.3, 0.4) is 0 Å². The number of hydrogen-bond donors (Lipinski definition) is 2. The topological polar surface area (TPSA) is 152 Å². The molecule has 2 amide bonds. The van der Waals surface area contributed by atoms with Crippen molar-refractivity contribution >= 4 is 29.9 Å². The molecule has 12 nitrogen and oxygen atoms in total. The number of amides is 2. The number of aromatic nitrogens is 2. The molecule has 36 heavy (non-hydrogen) atoms. The number of anilines is 2. The number of likely N-dealkylation sites (N-methyl/N-ethyl adjacent to an activating group) is 1.